The quantitative estimate of drug-likeness (QED) is 0.274. The van der Waals surface area contributed by atoms with Gasteiger partial charge in [0.1, 0.15) is 0 Å². The standard InChI is InChI=1S/C15H30BBr/c1-15(2,3)11-6-4-8-14(10-12-16)9-5-7-13-17/h14H,4-13H2,1-3H3. The van der Waals surface area contributed by atoms with Crippen LogP contribution in [-0.4, -0.2) is 13.2 Å². The van der Waals surface area contributed by atoms with Gasteiger partial charge in [0, 0.05) is 5.33 Å². The van der Waals surface area contributed by atoms with Gasteiger partial charge < -0.3 is 0 Å². The van der Waals surface area contributed by atoms with Gasteiger partial charge in [-0.2, -0.15) is 0 Å². The summed E-state index contributed by atoms with van der Waals surface area (Å²) < 4.78 is 0. The molecule has 0 aromatic heterocycles. The summed E-state index contributed by atoms with van der Waals surface area (Å²) in [5.41, 5.74) is 0.499. The van der Waals surface area contributed by atoms with Crippen LogP contribution in [0.1, 0.15) is 72.1 Å². The third kappa shape index (κ3) is 12.8. The van der Waals surface area contributed by atoms with E-state index >= 15 is 0 Å². The molecule has 0 amide bonds. The van der Waals surface area contributed by atoms with E-state index in [1.807, 2.05) is 0 Å². The van der Waals surface area contributed by atoms with Crippen molar-refractivity contribution in [1.29, 1.82) is 0 Å². The van der Waals surface area contributed by atoms with E-state index in [1.54, 1.807) is 0 Å². The second-order valence-corrected chi connectivity index (χ2v) is 7.23. The van der Waals surface area contributed by atoms with Gasteiger partial charge in [-0.25, -0.2) is 0 Å². The van der Waals surface area contributed by atoms with Crippen molar-refractivity contribution in [2.24, 2.45) is 11.3 Å². The normalized spacial score (nSPS) is 13.9. The van der Waals surface area contributed by atoms with Gasteiger partial charge in [0.25, 0.3) is 0 Å². The summed E-state index contributed by atoms with van der Waals surface area (Å²) in [5, 5.41) is 1.15. The summed E-state index contributed by atoms with van der Waals surface area (Å²) in [6.07, 6.45) is 11.6. The van der Waals surface area contributed by atoms with Crippen LogP contribution in [0.5, 0.6) is 0 Å². The van der Waals surface area contributed by atoms with E-state index in [-0.39, 0.29) is 0 Å². The first kappa shape index (κ1) is 17.5. The smallest absolute Gasteiger partial charge is 0.0653 e. The molecule has 0 aliphatic heterocycles. The van der Waals surface area contributed by atoms with Crippen molar-refractivity contribution < 1.29 is 0 Å². The summed E-state index contributed by atoms with van der Waals surface area (Å²) in [7, 11) is 5.70. The zero-order chi connectivity index (χ0) is 13.1. The Labute approximate surface area is 119 Å². The first-order chi connectivity index (χ1) is 7.99. The molecule has 0 saturated heterocycles. The maximum absolute atomic E-state index is 5.70. The average Bonchev–Trinajstić information content (AvgIpc) is 2.23. The van der Waals surface area contributed by atoms with Crippen molar-refractivity contribution in [2.45, 2.75) is 78.5 Å². The van der Waals surface area contributed by atoms with E-state index in [9.17, 15) is 0 Å². The lowest BCUT2D eigenvalue weighted by Crippen LogP contribution is -2.06. The van der Waals surface area contributed by atoms with Gasteiger partial charge in [0.2, 0.25) is 0 Å². The molecule has 0 nitrogen and oxygen atoms in total. The van der Waals surface area contributed by atoms with Crippen LogP contribution in [0.2, 0.25) is 6.32 Å². The largest absolute Gasteiger partial charge is 0.0928 e. The molecule has 0 heterocycles. The zero-order valence-electron chi connectivity index (χ0n) is 12.1. The highest BCUT2D eigenvalue weighted by Gasteiger charge is 2.11. The number of rotatable bonds is 10. The average molecular weight is 301 g/mol. The van der Waals surface area contributed by atoms with Crippen molar-refractivity contribution >= 4 is 23.8 Å². The number of halogens is 1. The maximum Gasteiger partial charge on any atom is 0.0653 e. The van der Waals surface area contributed by atoms with Crippen LogP contribution >= 0.6 is 15.9 Å². The number of hydrogen-bond acceptors (Lipinski definition) is 0. The van der Waals surface area contributed by atoms with Gasteiger partial charge in [-0.3, -0.25) is 0 Å². The number of unbranched alkanes of at least 4 members (excludes halogenated alkanes) is 2. The molecule has 2 heteroatoms. The van der Waals surface area contributed by atoms with Crippen molar-refractivity contribution in [2.75, 3.05) is 5.33 Å². The number of hydrogen-bond donors (Lipinski definition) is 0. The number of alkyl halides is 1. The molecular formula is C15H30BBr. The van der Waals surface area contributed by atoms with Crippen LogP contribution < -0.4 is 0 Å². The summed E-state index contributed by atoms with van der Waals surface area (Å²) >= 11 is 3.50. The molecule has 0 bridgehead atoms. The van der Waals surface area contributed by atoms with Gasteiger partial charge in [0.05, 0.1) is 7.85 Å². The van der Waals surface area contributed by atoms with Crippen LogP contribution in [0, 0.1) is 11.3 Å². The zero-order valence-corrected chi connectivity index (χ0v) is 13.7. The molecule has 0 aliphatic carbocycles. The molecule has 0 spiro atoms. The Morgan fingerprint density at radius 1 is 0.941 bits per heavy atom. The van der Waals surface area contributed by atoms with Crippen molar-refractivity contribution in [3.05, 3.63) is 0 Å². The van der Waals surface area contributed by atoms with E-state index < -0.39 is 0 Å². The highest BCUT2D eigenvalue weighted by molar-refractivity contribution is 9.09. The lowest BCUT2D eigenvalue weighted by atomic mass is 9.84. The van der Waals surface area contributed by atoms with E-state index in [2.05, 4.69) is 36.7 Å². The van der Waals surface area contributed by atoms with Gasteiger partial charge >= 0.3 is 0 Å². The molecule has 0 aliphatic rings. The molecule has 0 fully saturated rings. The second kappa shape index (κ2) is 10.5. The molecule has 2 radical (unpaired) electrons. The first-order valence-electron chi connectivity index (χ1n) is 7.25. The highest BCUT2D eigenvalue weighted by Crippen LogP contribution is 2.26. The Hall–Kier alpha value is 0.545. The first-order valence-corrected chi connectivity index (χ1v) is 8.38. The third-order valence-corrected chi connectivity index (χ3v) is 3.92. The van der Waals surface area contributed by atoms with Gasteiger partial charge in [0.15, 0.2) is 0 Å². The Morgan fingerprint density at radius 2 is 1.53 bits per heavy atom. The molecular weight excluding hydrogens is 271 g/mol. The molecule has 0 rings (SSSR count). The summed E-state index contributed by atoms with van der Waals surface area (Å²) in [6, 6.07) is 0. The van der Waals surface area contributed by atoms with Crippen LogP contribution in [0.25, 0.3) is 0 Å². The Kier molecular flexibility index (Phi) is 10.8. The van der Waals surface area contributed by atoms with Crippen molar-refractivity contribution in [3.8, 4) is 0 Å². The van der Waals surface area contributed by atoms with E-state index in [4.69, 9.17) is 7.85 Å². The molecule has 100 valence electrons. The van der Waals surface area contributed by atoms with E-state index in [1.165, 1.54) is 51.4 Å². The Bertz CT molecular complexity index is 163. The van der Waals surface area contributed by atoms with Gasteiger partial charge in [-0.1, -0.05) is 81.5 Å². The predicted octanol–water partition coefficient (Wildman–Crippen LogP) is 5.75. The fourth-order valence-corrected chi connectivity index (χ4v) is 2.68. The molecule has 0 N–H and O–H groups in total. The Morgan fingerprint density at radius 3 is 2.00 bits per heavy atom. The minimum absolute atomic E-state index is 0.499. The van der Waals surface area contributed by atoms with E-state index in [0.29, 0.717) is 5.41 Å². The van der Waals surface area contributed by atoms with Crippen LogP contribution in [0.3, 0.4) is 0 Å². The molecule has 0 aromatic carbocycles. The summed E-state index contributed by atoms with van der Waals surface area (Å²) in [6.45, 7) is 7.00. The Balaban J connectivity index is 3.61. The lowest BCUT2D eigenvalue weighted by molar-refractivity contribution is 0.338. The van der Waals surface area contributed by atoms with Crippen LogP contribution in [0.15, 0.2) is 0 Å². The van der Waals surface area contributed by atoms with Gasteiger partial charge in [-0.05, 0) is 24.2 Å². The summed E-state index contributed by atoms with van der Waals surface area (Å²) in [4.78, 5) is 0. The minimum atomic E-state index is 0.499. The van der Waals surface area contributed by atoms with Crippen molar-refractivity contribution in [3.63, 3.8) is 0 Å². The molecule has 0 saturated carbocycles. The highest BCUT2D eigenvalue weighted by atomic mass is 79.9. The SMILES string of the molecule is [B]CCC(CCCCBr)CCCCC(C)(C)C. The molecule has 1 unspecified atom stereocenters. The van der Waals surface area contributed by atoms with E-state index in [0.717, 1.165) is 17.6 Å². The predicted molar refractivity (Wildman–Crippen MR) is 84.2 cm³/mol. The minimum Gasteiger partial charge on any atom is -0.0928 e. The third-order valence-electron chi connectivity index (χ3n) is 3.36. The fraction of sp³-hybridized carbons (Fsp3) is 1.00. The summed E-state index contributed by atoms with van der Waals surface area (Å²) in [5.74, 6) is 0.874. The topological polar surface area (TPSA) is 0 Å². The maximum atomic E-state index is 5.70. The van der Waals surface area contributed by atoms with Crippen LogP contribution in [0.4, 0.5) is 0 Å². The van der Waals surface area contributed by atoms with Crippen molar-refractivity contribution in [1.82, 2.24) is 0 Å². The van der Waals surface area contributed by atoms with Crippen LogP contribution in [-0.2, 0) is 0 Å². The monoisotopic (exact) mass is 300 g/mol. The fourth-order valence-electron chi connectivity index (χ4n) is 2.28. The molecule has 1 atom stereocenters. The second-order valence-electron chi connectivity index (χ2n) is 6.43. The van der Waals surface area contributed by atoms with Gasteiger partial charge in [-0.15, -0.1) is 0 Å². The molecule has 17 heavy (non-hydrogen) atoms. The lowest BCUT2D eigenvalue weighted by Gasteiger charge is -2.20. The molecule has 0 aromatic rings.